The molecule has 6 bridgehead atoms. The van der Waals surface area contributed by atoms with Crippen LogP contribution < -0.4 is 27.4 Å². The Bertz CT molecular complexity index is 6440. The lowest BCUT2D eigenvalue weighted by Gasteiger charge is -2.40. The third kappa shape index (κ3) is 16.9. The molecule has 0 N–H and O–H groups in total. The normalized spacial score (nSPS) is 23.7. The average molecular weight is 1720 g/mol. The van der Waals surface area contributed by atoms with Gasteiger partial charge in [-0.3, -0.25) is 0 Å². The van der Waals surface area contributed by atoms with Crippen LogP contribution in [0.5, 0.6) is 0 Å². The summed E-state index contributed by atoms with van der Waals surface area (Å²) in [6.07, 6.45) is 26.2. The van der Waals surface area contributed by atoms with Crippen molar-refractivity contribution in [2.24, 2.45) is 47.7 Å². The number of hydrogen-bond donors (Lipinski definition) is 0. The van der Waals surface area contributed by atoms with E-state index in [2.05, 4.69) is 432 Å². The van der Waals surface area contributed by atoms with Crippen LogP contribution in [0.2, 0.25) is 0 Å². The van der Waals surface area contributed by atoms with Gasteiger partial charge in [-0.2, -0.15) is 0 Å². The van der Waals surface area contributed by atoms with Crippen molar-refractivity contribution in [1.29, 1.82) is 0 Å². The first-order chi connectivity index (χ1) is 62.0. The largest absolute Gasteiger partial charge is 0.216 e. The molecule has 6 heterocycles. The van der Waals surface area contributed by atoms with Crippen LogP contribution in [0, 0.1) is 88.5 Å². The predicted molar refractivity (Wildman–Crippen MR) is 539 cm³/mol. The van der Waals surface area contributed by atoms with Crippen LogP contribution in [0.3, 0.4) is 0 Å². The number of rotatable bonds is 6. The number of hydrogen-bond acceptors (Lipinski definition) is 0. The number of nitrogens with zero attached hydrogens (tertiary/aromatic N) is 6. The Morgan fingerprint density at radius 1 is 0.271 bits per heavy atom. The highest BCUT2D eigenvalue weighted by atomic mass is 15.0. The minimum atomic E-state index is -0.685. The third-order valence-corrected chi connectivity index (χ3v) is 32.2. The van der Waals surface area contributed by atoms with Crippen molar-refractivity contribution in [2.45, 2.75) is 325 Å². The van der Waals surface area contributed by atoms with E-state index in [1.807, 2.05) is 0 Å². The summed E-state index contributed by atoms with van der Waals surface area (Å²) < 4.78 is 49.8. The van der Waals surface area contributed by atoms with E-state index in [9.17, 15) is 1.37 Å². The summed E-state index contributed by atoms with van der Waals surface area (Å²) in [5.41, 5.74) is 49.4. The van der Waals surface area contributed by atoms with Gasteiger partial charge in [0.05, 0.1) is 0 Å². The van der Waals surface area contributed by atoms with Gasteiger partial charge < -0.3 is 0 Å². The molecule has 9 aliphatic rings. The van der Waals surface area contributed by atoms with Crippen LogP contribution in [0.1, 0.15) is 348 Å². The van der Waals surface area contributed by atoms with Gasteiger partial charge in [-0.05, 0) is 337 Å². The molecule has 9 aliphatic carbocycles. The molecule has 6 aromatic heterocycles. The SMILES string of the molecule is Cc1ccc(-c2c3c(cc[n+]2C)C(C)(C)CC3(C)C)c(C)c1.Cc1ccc(-c2c3c(cc[n+]2C)C(C)(C)CC3(C)C)c(C)c1.Cc1ccc(-c2c3c(cc[n+]2C)C2CCC3C2)c(C)c1.Cc1ccc(-c2cc3c(c[n+]2C)C(C)(C)CCC3(C)C)c(C)c1.[2H]C12CCC([2H])(C1)c1c2cc[n+](C)c1-c1ccc(C)cc1C.[2H]C12CCC([2H])(c3c1cc[n+](C)c3-c1ccc(C)cc1C)C2(C)C. The molecule has 6 atom stereocenters. The lowest BCUT2D eigenvalue weighted by Crippen LogP contribution is -2.40. The molecular weight excluding hydrogens is 1560 g/mol. The van der Waals surface area contributed by atoms with Crippen molar-refractivity contribution < 1.29 is 32.9 Å². The molecule has 672 valence electrons. The lowest BCUT2D eigenvalue weighted by atomic mass is 9.63. The molecule has 129 heavy (non-hydrogen) atoms. The summed E-state index contributed by atoms with van der Waals surface area (Å²) in [7, 11) is 12.9. The molecular formula is C123H156N6+6. The summed E-state index contributed by atoms with van der Waals surface area (Å²) in [6, 6.07) is 54.0. The first-order valence-electron chi connectivity index (χ1n) is 50.7. The fourth-order valence-electron chi connectivity index (χ4n) is 26.1. The Kier molecular flexibility index (Phi) is 23.1. The van der Waals surface area contributed by atoms with Crippen molar-refractivity contribution >= 4 is 0 Å². The second-order valence-electron chi connectivity index (χ2n) is 45.7. The monoisotopic (exact) mass is 1720 g/mol. The first-order valence-corrected chi connectivity index (χ1v) is 48.7. The highest BCUT2D eigenvalue weighted by molar-refractivity contribution is 5.75. The van der Waals surface area contributed by atoms with Gasteiger partial charge in [0.1, 0.15) is 42.3 Å². The molecule has 6 nitrogen and oxygen atoms in total. The van der Waals surface area contributed by atoms with Crippen molar-refractivity contribution in [3.05, 3.63) is 316 Å². The topological polar surface area (TPSA) is 23.3 Å². The molecule has 0 spiro atoms. The van der Waals surface area contributed by atoms with Gasteiger partial charge in [0, 0.05) is 109 Å². The van der Waals surface area contributed by atoms with E-state index in [0.29, 0.717) is 6.42 Å². The Morgan fingerprint density at radius 3 is 1.04 bits per heavy atom. The van der Waals surface area contributed by atoms with Crippen LogP contribution in [0.15, 0.2) is 183 Å². The summed E-state index contributed by atoms with van der Waals surface area (Å²) in [5, 5.41) is 0. The molecule has 6 aromatic carbocycles. The van der Waals surface area contributed by atoms with Gasteiger partial charge in [0.15, 0.2) is 37.2 Å². The van der Waals surface area contributed by atoms with Gasteiger partial charge in [-0.15, -0.1) is 0 Å². The zero-order chi connectivity index (χ0) is 96.6. The molecule has 0 radical (unpaired) electrons. The number of aryl methyl sites for hydroxylation is 18. The van der Waals surface area contributed by atoms with E-state index in [4.69, 9.17) is 4.11 Å². The highest BCUT2D eigenvalue weighted by Crippen LogP contribution is 2.66. The summed E-state index contributed by atoms with van der Waals surface area (Å²) in [5.74, 6) is -0.818. The minimum Gasteiger partial charge on any atom is -0.201 e. The molecule has 12 aromatic rings. The van der Waals surface area contributed by atoms with E-state index < -0.39 is 23.6 Å². The van der Waals surface area contributed by atoms with Crippen LogP contribution >= 0.6 is 0 Å². The molecule has 6 unspecified atom stereocenters. The fraction of sp³-hybridized carbons (Fsp3) is 0.463. The molecule has 0 amide bonds. The first kappa shape index (κ1) is 87.2. The quantitative estimate of drug-likeness (QED) is 0.148. The maximum atomic E-state index is 9.35. The standard InChI is InChI=1S/C22H30N.C21H26N.2C21H28N.2C19H22N/c1-15-8-9-17(16(2)12-15)20-13-18-19(14-23(20)7)22(5,6)11-10-21(18,3)4;1-13-6-7-15(14(2)12-13)20-19-16(10-11-22(20)5)17-8-9-18(19)21(17,3)4;2*1-14-8-9-16(15(2)12-14)19-18-17(10-11-22(19)7)20(3,4)13-21(18,5)6;2*1-12-4-7-16(13(2)10-12)19-18-15-6-5-14(11-15)17(18)8-9-20(19)3/h8-9,12-14H,10-11H2,1-7H3;6-7,10-12,17-18H,8-9H2,1-5H3;2*8-12H,13H2,1-7H3;2*4,7-10,14-15H,5-6,11H2,1-3H3/q6*+1/i;17D,18D;;;14D,15D;. The average Bonchev–Trinajstić information content (AvgIpc) is 1.49. The maximum Gasteiger partial charge on any atom is 0.216 e. The molecule has 0 saturated heterocycles. The van der Waals surface area contributed by atoms with Crippen molar-refractivity contribution in [3.8, 4) is 67.5 Å². The summed E-state index contributed by atoms with van der Waals surface area (Å²) in [4.78, 5) is 0. The molecule has 21 rings (SSSR count). The second kappa shape index (κ2) is 34.1. The molecule has 6 heteroatoms. The summed E-state index contributed by atoms with van der Waals surface area (Å²) >= 11 is 0. The Balaban J connectivity index is 0.000000116. The van der Waals surface area contributed by atoms with Gasteiger partial charge >= 0.3 is 0 Å². The van der Waals surface area contributed by atoms with Crippen LogP contribution in [-0.2, 0) is 74.8 Å². The van der Waals surface area contributed by atoms with E-state index in [0.717, 1.165) is 71.2 Å². The van der Waals surface area contributed by atoms with Gasteiger partial charge in [0.2, 0.25) is 34.2 Å². The van der Waals surface area contributed by atoms with E-state index in [1.54, 1.807) is 11.1 Å². The highest BCUT2D eigenvalue weighted by Gasteiger charge is 2.55. The van der Waals surface area contributed by atoms with E-state index in [1.165, 1.54) is 201 Å². The molecule has 0 aliphatic heterocycles. The van der Waals surface area contributed by atoms with Crippen molar-refractivity contribution in [1.82, 2.24) is 0 Å². The minimum absolute atomic E-state index is 0.213. The third-order valence-electron chi connectivity index (χ3n) is 32.2. The number of fused-ring (bicyclic) bond motifs is 18. The molecule has 3 saturated carbocycles. The zero-order valence-corrected chi connectivity index (χ0v) is 85.1. The number of aromatic nitrogens is 6. The van der Waals surface area contributed by atoms with Crippen LogP contribution in [0.4, 0.5) is 0 Å². The van der Waals surface area contributed by atoms with E-state index >= 15 is 0 Å². The van der Waals surface area contributed by atoms with Crippen molar-refractivity contribution in [2.75, 3.05) is 0 Å². The lowest BCUT2D eigenvalue weighted by molar-refractivity contribution is -0.661. The van der Waals surface area contributed by atoms with Crippen LogP contribution in [-0.4, -0.2) is 0 Å². The van der Waals surface area contributed by atoms with E-state index in [-0.39, 0.29) is 37.9 Å². The Morgan fingerprint density at radius 2 is 0.612 bits per heavy atom. The predicted octanol–water partition coefficient (Wildman–Crippen LogP) is 27.8. The maximum absolute atomic E-state index is 9.35. The fourth-order valence-corrected chi connectivity index (χ4v) is 26.1. The Labute approximate surface area is 784 Å². The van der Waals surface area contributed by atoms with Gasteiger partial charge in [0.25, 0.3) is 0 Å². The van der Waals surface area contributed by atoms with Crippen LogP contribution in [0.25, 0.3) is 67.5 Å². The number of benzene rings is 6. The zero-order valence-electron chi connectivity index (χ0n) is 89.1. The number of pyridine rings is 6. The second-order valence-corrected chi connectivity index (χ2v) is 45.7. The van der Waals surface area contributed by atoms with Crippen molar-refractivity contribution in [3.63, 3.8) is 0 Å². The van der Waals surface area contributed by atoms with Gasteiger partial charge in [-0.1, -0.05) is 203 Å². The van der Waals surface area contributed by atoms with Gasteiger partial charge in [-0.25, -0.2) is 27.4 Å². The molecule has 3 fully saturated rings. The smallest absolute Gasteiger partial charge is 0.201 e. The summed E-state index contributed by atoms with van der Waals surface area (Å²) in [6.45, 7) is 59.0. The Hall–Kier alpha value is -9.78.